The number of rotatable bonds is 5. The van der Waals surface area contributed by atoms with Gasteiger partial charge in [-0.3, -0.25) is 5.10 Å². The molecule has 1 unspecified atom stereocenters. The van der Waals surface area contributed by atoms with E-state index in [9.17, 15) is 8.78 Å². The molecule has 0 aliphatic heterocycles. The minimum Gasteiger partial charge on any atom is -0.307 e. The molecule has 2 rings (SSSR count). The number of likely N-dealkylation sites (N-methyl/N-ethyl adjacent to an activating group) is 1. The van der Waals surface area contributed by atoms with Crippen molar-refractivity contribution >= 4 is 0 Å². The highest BCUT2D eigenvalue weighted by Gasteiger charge is 2.16. The van der Waals surface area contributed by atoms with Crippen molar-refractivity contribution in [1.82, 2.24) is 20.5 Å². The van der Waals surface area contributed by atoms with Gasteiger partial charge >= 0.3 is 0 Å². The maximum absolute atomic E-state index is 13.6. The molecule has 0 saturated heterocycles. The average Bonchev–Trinajstić information content (AvgIpc) is 2.85. The van der Waals surface area contributed by atoms with Crippen LogP contribution in [0.25, 0.3) is 0 Å². The third kappa shape index (κ3) is 2.89. The van der Waals surface area contributed by atoms with E-state index in [0.717, 1.165) is 6.07 Å². The lowest BCUT2D eigenvalue weighted by atomic mass is 10.0. The summed E-state index contributed by atoms with van der Waals surface area (Å²) in [4.78, 5) is 4.05. The molecule has 0 bridgehead atoms. The van der Waals surface area contributed by atoms with Crippen molar-refractivity contribution in [2.75, 3.05) is 6.54 Å². The summed E-state index contributed by atoms with van der Waals surface area (Å²) in [6.45, 7) is 2.67. The molecule has 0 spiro atoms. The van der Waals surface area contributed by atoms with E-state index in [1.807, 2.05) is 6.92 Å². The predicted molar refractivity (Wildman–Crippen MR) is 62.9 cm³/mol. The fourth-order valence-electron chi connectivity index (χ4n) is 1.80. The summed E-state index contributed by atoms with van der Waals surface area (Å²) in [5.74, 6) is -0.478. The zero-order valence-electron chi connectivity index (χ0n) is 9.95. The summed E-state index contributed by atoms with van der Waals surface area (Å²) in [7, 11) is 0. The highest BCUT2D eigenvalue weighted by molar-refractivity contribution is 5.20. The van der Waals surface area contributed by atoms with E-state index in [4.69, 9.17) is 0 Å². The second-order valence-electron chi connectivity index (χ2n) is 3.92. The predicted octanol–water partition coefficient (Wildman–Crippen LogP) is 1.98. The van der Waals surface area contributed by atoms with Crippen molar-refractivity contribution in [3.63, 3.8) is 0 Å². The number of hydrogen-bond acceptors (Lipinski definition) is 3. The number of benzene rings is 1. The van der Waals surface area contributed by atoms with Gasteiger partial charge in [-0.05, 0) is 24.6 Å². The molecule has 0 saturated carbocycles. The number of nitrogens with zero attached hydrogens (tertiary/aromatic N) is 2. The van der Waals surface area contributed by atoms with Gasteiger partial charge in [0.05, 0.1) is 6.04 Å². The monoisotopic (exact) mass is 252 g/mol. The van der Waals surface area contributed by atoms with Gasteiger partial charge in [-0.2, -0.15) is 5.10 Å². The van der Waals surface area contributed by atoms with Crippen molar-refractivity contribution in [1.29, 1.82) is 0 Å². The second-order valence-corrected chi connectivity index (χ2v) is 3.92. The Hall–Kier alpha value is -1.82. The van der Waals surface area contributed by atoms with Gasteiger partial charge in [0.2, 0.25) is 0 Å². The normalized spacial score (nSPS) is 12.6. The fourth-order valence-corrected chi connectivity index (χ4v) is 1.80. The third-order valence-corrected chi connectivity index (χ3v) is 2.65. The van der Waals surface area contributed by atoms with Crippen molar-refractivity contribution < 1.29 is 8.78 Å². The number of nitrogens with one attached hydrogen (secondary N) is 2. The molecule has 96 valence electrons. The van der Waals surface area contributed by atoms with Gasteiger partial charge in [0.25, 0.3) is 0 Å². The molecule has 1 heterocycles. The van der Waals surface area contributed by atoms with Crippen molar-refractivity contribution in [3.05, 3.63) is 47.5 Å². The zero-order chi connectivity index (χ0) is 13.0. The Kier molecular flexibility index (Phi) is 3.99. The van der Waals surface area contributed by atoms with Crippen LogP contribution in [0.3, 0.4) is 0 Å². The van der Waals surface area contributed by atoms with Crippen LogP contribution in [0.4, 0.5) is 8.78 Å². The van der Waals surface area contributed by atoms with Gasteiger partial charge in [0, 0.05) is 6.07 Å². The number of aromatic amines is 1. The maximum atomic E-state index is 13.6. The molecule has 4 nitrogen and oxygen atoms in total. The Bertz CT molecular complexity index is 499. The standard InChI is InChI=1S/C12H14F2N4/c1-2-15-11(12-16-7-17-18-12)5-8-3-4-9(13)6-10(8)14/h3-4,6-7,11,15H,2,5H2,1H3,(H,16,17,18). The van der Waals surface area contributed by atoms with Crippen LogP contribution < -0.4 is 5.32 Å². The van der Waals surface area contributed by atoms with Gasteiger partial charge < -0.3 is 5.32 Å². The van der Waals surface area contributed by atoms with Gasteiger partial charge in [-0.15, -0.1) is 0 Å². The van der Waals surface area contributed by atoms with Gasteiger partial charge in [0.15, 0.2) is 0 Å². The van der Waals surface area contributed by atoms with Crippen LogP contribution >= 0.6 is 0 Å². The highest BCUT2D eigenvalue weighted by atomic mass is 19.1. The third-order valence-electron chi connectivity index (χ3n) is 2.65. The summed E-state index contributed by atoms with van der Waals surface area (Å²) in [5, 5.41) is 9.71. The van der Waals surface area contributed by atoms with Crippen LogP contribution in [-0.2, 0) is 6.42 Å². The lowest BCUT2D eigenvalue weighted by Gasteiger charge is -2.15. The number of aromatic nitrogens is 3. The van der Waals surface area contributed by atoms with Crippen molar-refractivity contribution in [2.45, 2.75) is 19.4 Å². The van der Waals surface area contributed by atoms with Gasteiger partial charge in [-0.25, -0.2) is 13.8 Å². The van der Waals surface area contributed by atoms with Crippen LogP contribution in [0.5, 0.6) is 0 Å². The lowest BCUT2D eigenvalue weighted by Crippen LogP contribution is -2.24. The van der Waals surface area contributed by atoms with Gasteiger partial charge in [-0.1, -0.05) is 13.0 Å². The molecule has 1 atom stereocenters. The number of halogens is 2. The highest BCUT2D eigenvalue weighted by Crippen LogP contribution is 2.18. The minimum atomic E-state index is -0.573. The van der Waals surface area contributed by atoms with E-state index in [1.54, 1.807) is 0 Å². The molecule has 1 aromatic carbocycles. The molecule has 6 heteroatoms. The molecular weight excluding hydrogens is 238 g/mol. The molecular formula is C12H14F2N4. The first-order valence-electron chi connectivity index (χ1n) is 5.73. The van der Waals surface area contributed by atoms with Crippen LogP contribution in [0.2, 0.25) is 0 Å². The Morgan fingerprint density at radius 1 is 1.39 bits per heavy atom. The summed E-state index contributed by atoms with van der Waals surface area (Å²) >= 11 is 0. The van der Waals surface area contributed by atoms with E-state index in [0.29, 0.717) is 24.4 Å². The first kappa shape index (κ1) is 12.6. The molecule has 0 fully saturated rings. The maximum Gasteiger partial charge on any atom is 0.141 e. The summed E-state index contributed by atoms with van der Waals surface area (Å²) in [5.41, 5.74) is 0.443. The van der Waals surface area contributed by atoms with E-state index in [2.05, 4.69) is 20.5 Å². The Morgan fingerprint density at radius 3 is 2.83 bits per heavy atom. The van der Waals surface area contributed by atoms with Crippen molar-refractivity contribution in [2.24, 2.45) is 0 Å². The average molecular weight is 252 g/mol. The quantitative estimate of drug-likeness (QED) is 0.855. The lowest BCUT2D eigenvalue weighted by molar-refractivity contribution is 0.503. The van der Waals surface area contributed by atoms with E-state index in [1.165, 1.54) is 18.5 Å². The Labute approximate surface area is 103 Å². The Morgan fingerprint density at radius 2 is 2.22 bits per heavy atom. The van der Waals surface area contributed by atoms with Crippen molar-refractivity contribution in [3.8, 4) is 0 Å². The van der Waals surface area contributed by atoms with Crippen LogP contribution in [-0.4, -0.2) is 21.7 Å². The molecule has 0 aliphatic carbocycles. The molecule has 2 aromatic rings. The first-order chi connectivity index (χ1) is 8.70. The molecule has 2 N–H and O–H groups in total. The largest absolute Gasteiger partial charge is 0.307 e. The summed E-state index contributed by atoms with van der Waals surface area (Å²) < 4.78 is 26.4. The second kappa shape index (κ2) is 5.68. The number of H-pyrrole nitrogens is 1. The number of hydrogen-bond donors (Lipinski definition) is 2. The molecule has 0 amide bonds. The molecule has 18 heavy (non-hydrogen) atoms. The van der Waals surface area contributed by atoms with Crippen LogP contribution in [0.15, 0.2) is 24.5 Å². The topological polar surface area (TPSA) is 53.6 Å². The van der Waals surface area contributed by atoms with E-state index < -0.39 is 11.6 Å². The smallest absolute Gasteiger partial charge is 0.141 e. The molecule has 0 aliphatic rings. The summed E-state index contributed by atoms with van der Waals surface area (Å²) in [6, 6.07) is 3.42. The van der Waals surface area contributed by atoms with E-state index in [-0.39, 0.29) is 6.04 Å². The summed E-state index contributed by atoms with van der Waals surface area (Å²) in [6.07, 6.45) is 1.79. The van der Waals surface area contributed by atoms with E-state index >= 15 is 0 Å². The van der Waals surface area contributed by atoms with Crippen LogP contribution in [0.1, 0.15) is 24.4 Å². The molecule has 1 aromatic heterocycles. The van der Waals surface area contributed by atoms with Gasteiger partial charge in [0.1, 0.15) is 23.8 Å². The first-order valence-corrected chi connectivity index (χ1v) is 5.73. The fraction of sp³-hybridized carbons (Fsp3) is 0.333. The SMILES string of the molecule is CCNC(Cc1ccc(F)cc1F)c1ncn[nH]1. The van der Waals surface area contributed by atoms with Crippen LogP contribution in [0, 0.1) is 11.6 Å². The Balaban J connectivity index is 2.18. The molecule has 0 radical (unpaired) electrons. The minimum absolute atomic E-state index is 0.169. The zero-order valence-corrected chi connectivity index (χ0v) is 9.95.